The Hall–Kier alpha value is -1.44. The van der Waals surface area contributed by atoms with Crippen LogP contribution in [0.25, 0.3) is 0 Å². The summed E-state index contributed by atoms with van der Waals surface area (Å²) < 4.78 is 5.57. The molecule has 16 heavy (non-hydrogen) atoms. The van der Waals surface area contributed by atoms with E-state index in [9.17, 15) is 0 Å². The molecule has 0 saturated heterocycles. The molecule has 0 fully saturated rings. The molecular weight excluding hydrogens is 198 g/mol. The lowest BCUT2D eigenvalue weighted by Gasteiger charge is -2.10. The Morgan fingerprint density at radius 2 is 1.88 bits per heavy atom. The Balaban J connectivity index is 2.48. The van der Waals surface area contributed by atoms with Gasteiger partial charge < -0.3 is 10.1 Å². The maximum atomic E-state index is 5.57. The van der Waals surface area contributed by atoms with Crippen LogP contribution in [0.3, 0.4) is 0 Å². The summed E-state index contributed by atoms with van der Waals surface area (Å²) in [6.07, 6.45) is 2.39. The Morgan fingerprint density at radius 1 is 1.25 bits per heavy atom. The third kappa shape index (κ3) is 4.87. The summed E-state index contributed by atoms with van der Waals surface area (Å²) in [5.74, 6) is 0.919. The van der Waals surface area contributed by atoms with Crippen LogP contribution in [0, 0.1) is 0 Å². The molecule has 0 radical (unpaired) electrons. The molecule has 1 rings (SSSR count). The number of ether oxygens (including phenoxy) is 1. The number of hydrogen-bond donors (Lipinski definition) is 1. The second kappa shape index (κ2) is 6.21. The summed E-state index contributed by atoms with van der Waals surface area (Å²) in [5, 5.41) is 3.32. The first kappa shape index (κ1) is 12.6. The predicted molar refractivity (Wildman–Crippen MR) is 70.1 cm³/mol. The first-order chi connectivity index (χ1) is 7.58. The third-order valence-corrected chi connectivity index (χ3v) is 2.04. The van der Waals surface area contributed by atoms with Gasteiger partial charge in [-0.15, -0.1) is 0 Å². The Labute approximate surface area is 98.3 Å². The third-order valence-electron chi connectivity index (χ3n) is 2.04. The molecule has 0 aliphatic rings. The molecule has 0 aliphatic heterocycles. The minimum absolute atomic E-state index is 0.226. The van der Waals surface area contributed by atoms with E-state index in [-0.39, 0.29) is 6.10 Å². The van der Waals surface area contributed by atoms with Gasteiger partial charge in [-0.2, -0.15) is 0 Å². The molecule has 0 amide bonds. The van der Waals surface area contributed by atoms with Gasteiger partial charge in [-0.05, 0) is 52.0 Å². The van der Waals surface area contributed by atoms with Crippen molar-refractivity contribution in [1.29, 1.82) is 0 Å². The molecule has 2 heteroatoms. The van der Waals surface area contributed by atoms with Crippen LogP contribution < -0.4 is 10.1 Å². The van der Waals surface area contributed by atoms with Gasteiger partial charge in [-0.25, -0.2) is 0 Å². The van der Waals surface area contributed by atoms with Crippen LogP contribution in [0.1, 0.15) is 27.7 Å². The molecule has 88 valence electrons. The molecule has 0 unspecified atom stereocenters. The Bertz CT molecular complexity index is 334. The maximum Gasteiger partial charge on any atom is 0.119 e. The average molecular weight is 219 g/mol. The minimum Gasteiger partial charge on any atom is -0.491 e. The highest BCUT2D eigenvalue weighted by atomic mass is 16.5. The lowest BCUT2D eigenvalue weighted by molar-refractivity contribution is 0.242. The summed E-state index contributed by atoms with van der Waals surface area (Å²) >= 11 is 0. The summed E-state index contributed by atoms with van der Waals surface area (Å²) in [7, 11) is 0. The van der Waals surface area contributed by atoms with E-state index >= 15 is 0 Å². The fourth-order valence-corrected chi connectivity index (χ4v) is 1.30. The van der Waals surface area contributed by atoms with Gasteiger partial charge in [0, 0.05) is 12.2 Å². The molecule has 0 heterocycles. The summed E-state index contributed by atoms with van der Waals surface area (Å²) in [4.78, 5) is 0. The highest BCUT2D eigenvalue weighted by Crippen LogP contribution is 2.16. The van der Waals surface area contributed by atoms with E-state index in [1.165, 1.54) is 5.57 Å². The van der Waals surface area contributed by atoms with Gasteiger partial charge in [0.1, 0.15) is 5.75 Å². The molecule has 0 saturated carbocycles. The second-order valence-corrected chi connectivity index (χ2v) is 4.35. The average Bonchev–Trinajstić information content (AvgIpc) is 2.19. The molecule has 1 N–H and O–H groups in total. The van der Waals surface area contributed by atoms with Crippen molar-refractivity contribution in [3.63, 3.8) is 0 Å². The number of rotatable bonds is 5. The van der Waals surface area contributed by atoms with Crippen LogP contribution in [0.4, 0.5) is 5.69 Å². The predicted octanol–water partition coefficient (Wildman–Crippen LogP) is 3.85. The highest BCUT2D eigenvalue weighted by Gasteiger charge is 1.96. The van der Waals surface area contributed by atoms with E-state index in [0.717, 1.165) is 18.0 Å². The van der Waals surface area contributed by atoms with Crippen molar-refractivity contribution in [3.8, 4) is 5.75 Å². The van der Waals surface area contributed by atoms with Crippen molar-refractivity contribution in [2.75, 3.05) is 11.9 Å². The zero-order valence-corrected chi connectivity index (χ0v) is 10.6. The fourth-order valence-electron chi connectivity index (χ4n) is 1.30. The van der Waals surface area contributed by atoms with Crippen molar-refractivity contribution >= 4 is 5.69 Å². The van der Waals surface area contributed by atoms with Crippen LogP contribution >= 0.6 is 0 Å². The first-order valence-corrected chi connectivity index (χ1v) is 5.72. The zero-order valence-electron chi connectivity index (χ0n) is 10.6. The molecule has 0 spiro atoms. The van der Waals surface area contributed by atoms with Crippen LogP contribution in [-0.4, -0.2) is 12.6 Å². The van der Waals surface area contributed by atoms with Gasteiger partial charge in [-0.3, -0.25) is 0 Å². The van der Waals surface area contributed by atoms with E-state index in [1.54, 1.807) is 0 Å². The second-order valence-electron chi connectivity index (χ2n) is 4.35. The molecule has 0 atom stereocenters. The summed E-state index contributed by atoms with van der Waals surface area (Å²) in [5.41, 5.74) is 2.45. The van der Waals surface area contributed by atoms with Crippen molar-refractivity contribution in [1.82, 2.24) is 0 Å². The van der Waals surface area contributed by atoms with Gasteiger partial charge in [0.25, 0.3) is 0 Å². The first-order valence-electron chi connectivity index (χ1n) is 5.72. The lowest BCUT2D eigenvalue weighted by Crippen LogP contribution is -2.05. The number of anilines is 1. The molecule has 0 aromatic heterocycles. The lowest BCUT2D eigenvalue weighted by atomic mass is 10.3. The minimum atomic E-state index is 0.226. The molecule has 1 aromatic rings. The topological polar surface area (TPSA) is 21.3 Å². The van der Waals surface area contributed by atoms with E-state index in [4.69, 9.17) is 4.74 Å². The smallest absolute Gasteiger partial charge is 0.119 e. The molecule has 2 nitrogen and oxygen atoms in total. The molecule has 1 aromatic carbocycles. The summed E-state index contributed by atoms with van der Waals surface area (Å²) in [6, 6.07) is 8.06. The van der Waals surface area contributed by atoms with Crippen molar-refractivity contribution in [2.45, 2.75) is 33.8 Å². The Morgan fingerprint density at radius 3 is 2.38 bits per heavy atom. The maximum absolute atomic E-state index is 5.57. The fraction of sp³-hybridized carbons (Fsp3) is 0.429. The normalized spacial score (nSPS) is 10.1. The van der Waals surface area contributed by atoms with Crippen LogP contribution in [0.2, 0.25) is 0 Å². The molecular formula is C14H21NO. The number of hydrogen-bond acceptors (Lipinski definition) is 2. The van der Waals surface area contributed by atoms with Gasteiger partial charge >= 0.3 is 0 Å². The van der Waals surface area contributed by atoms with Crippen LogP contribution in [0.5, 0.6) is 5.75 Å². The molecule has 0 bridgehead atoms. The van der Waals surface area contributed by atoms with Gasteiger partial charge in [0.15, 0.2) is 0 Å². The van der Waals surface area contributed by atoms with Crippen molar-refractivity contribution < 1.29 is 4.74 Å². The van der Waals surface area contributed by atoms with E-state index in [0.29, 0.717) is 0 Å². The highest BCUT2D eigenvalue weighted by molar-refractivity contribution is 5.46. The monoisotopic (exact) mass is 219 g/mol. The quantitative estimate of drug-likeness (QED) is 0.759. The SMILES string of the molecule is CC(C)=CCNc1ccc(OC(C)C)cc1. The van der Waals surface area contributed by atoms with Gasteiger partial charge in [0.2, 0.25) is 0 Å². The largest absolute Gasteiger partial charge is 0.491 e. The van der Waals surface area contributed by atoms with Gasteiger partial charge in [0.05, 0.1) is 6.10 Å². The van der Waals surface area contributed by atoms with E-state index in [1.807, 2.05) is 38.1 Å². The van der Waals surface area contributed by atoms with E-state index in [2.05, 4.69) is 25.2 Å². The number of allylic oxidation sites excluding steroid dienone is 1. The summed E-state index contributed by atoms with van der Waals surface area (Å²) in [6.45, 7) is 9.12. The number of nitrogens with one attached hydrogen (secondary N) is 1. The molecule has 0 aliphatic carbocycles. The van der Waals surface area contributed by atoms with Crippen molar-refractivity contribution in [2.24, 2.45) is 0 Å². The van der Waals surface area contributed by atoms with Crippen LogP contribution in [0.15, 0.2) is 35.9 Å². The van der Waals surface area contributed by atoms with Crippen molar-refractivity contribution in [3.05, 3.63) is 35.9 Å². The van der Waals surface area contributed by atoms with Gasteiger partial charge in [-0.1, -0.05) is 11.6 Å². The van der Waals surface area contributed by atoms with Crippen LogP contribution in [-0.2, 0) is 0 Å². The zero-order chi connectivity index (χ0) is 12.0. The standard InChI is InChI=1S/C14H21NO/c1-11(2)9-10-15-13-5-7-14(8-6-13)16-12(3)4/h5-9,12,15H,10H2,1-4H3. The Kier molecular flexibility index (Phi) is 4.90. The van der Waals surface area contributed by atoms with E-state index < -0.39 is 0 Å². The number of benzene rings is 1.